The van der Waals surface area contributed by atoms with Crippen molar-refractivity contribution in [1.29, 1.82) is 0 Å². The summed E-state index contributed by atoms with van der Waals surface area (Å²) in [6.07, 6.45) is 9.95. The maximum atomic E-state index is 10.9. The van der Waals surface area contributed by atoms with Gasteiger partial charge in [-0.2, -0.15) is 0 Å². The lowest BCUT2D eigenvalue weighted by atomic mass is 9.57. The molecular formula is C31H34N2O4S. The third-order valence-corrected chi connectivity index (χ3v) is 9.60. The van der Waals surface area contributed by atoms with E-state index in [4.69, 9.17) is 9.47 Å². The number of fused-ring (bicyclic) bond motifs is 3. The van der Waals surface area contributed by atoms with Gasteiger partial charge in [-0.3, -0.25) is 4.98 Å². The van der Waals surface area contributed by atoms with Gasteiger partial charge in [-0.15, -0.1) is 11.3 Å². The molecule has 2 aromatic heterocycles. The van der Waals surface area contributed by atoms with E-state index in [-0.39, 0.29) is 23.2 Å². The molecule has 0 amide bonds. The minimum atomic E-state index is -0.399. The van der Waals surface area contributed by atoms with Crippen LogP contribution in [0.4, 0.5) is 0 Å². The molecule has 1 saturated carbocycles. The average molecular weight is 531 g/mol. The van der Waals surface area contributed by atoms with Crippen molar-refractivity contribution in [2.24, 2.45) is 18.4 Å². The molecule has 2 N–H and O–H groups in total. The fraction of sp³-hybridized carbons (Fsp3) is 0.387. The highest BCUT2D eigenvalue weighted by Gasteiger charge is 2.54. The standard InChI is InChI=1S/C31H34N2O4S/c1-30(2)26-14-20-10-18(12-23(34)29(20)37-31(26,3)9-8-27(30)35)6-7-19-11-22-28(24(13-19)36-5)21(16-33(22)4)25-15-32-17-38-25/h6-7,10-13,15-17,26-27,34-35H,8-9,14H2,1-5H3/t26-,27-,31-/m1/s1. The smallest absolute Gasteiger partial charge is 0.164 e. The molecule has 0 spiro atoms. The molecule has 7 heteroatoms. The normalized spacial score (nSPS) is 24.3. The molecule has 0 radical (unpaired) electrons. The molecule has 3 atom stereocenters. The Labute approximate surface area is 227 Å². The SMILES string of the molecule is COc1cc(C=Cc2cc(O)c3c(c2)C[C@@H]2C(C)(C)[C@H](O)CC[C@@]2(C)O3)cc2c1c(-c1cncs1)cn2C. The van der Waals surface area contributed by atoms with Crippen molar-refractivity contribution in [2.75, 3.05) is 7.11 Å². The van der Waals surface area contributed by atoms with Gasteiger partial charge >= 0.3 is 0 Å². The van der Waals surface area contributed by atoms with Crippen molar-refractivity contribution in [3.05, 3.63) is 58.9 Å². The number of aliphatic hydroxyl groups excluding tert-OH is 1. The number of methoxy groups -OCH3 is 1. The highest BCUT2D eigenvalue weighted by molar-refractivity contribution is 7.13. The summed E-state index contributed by atoms with van der Waals surface area (Å²) in [7, 11) is 3.74. The number of aromatic nitrogens is 2. The monoisotopic (exact) mass is 530 g/mol. The van der Waals surface area contributed by atoms with Crippen molar-refractivity contribution in [3.8, 4) is 27.7 Å². The lowest BCUT2D eigenvalue weighted by Gasteiger charge is -2.55. The number of thiazole rings is 1. The maximum absolute atomic E-state index is 10.9. The van der Waals surface area contributed by atoms with E-state index in [1.165, 1.54) is 0 Å². The Morgan fingerprint density at radius 2 is 1.92 bits per heavy atom. The van der Waals surface area contributed by atoms with Gasteiger partial charge in [0.05, 0.1) is 34.5 Å². The maximum Gasteiger partial charge on any atom is 0.164 e. The first-order valence-electron chi connectivity index (χ1n) is 13.1. The Kier molecular flexibility index (Phi) is 5.85. The number of aryl methyl sites for hydroxylation is 1. The second-order valence-corrected chi connectivity index (χ2v) is 12.4. The fourth-order valence-corrected chi connectivity index (χ4v) is 7.23. The second kappa shape index (κ2) is 8.89. The summed E-state index contributed by atoms with van der Waals surface area (Å²) in [6.45, 7) is 6.38. The summed E-state index contributed by atoms with van der Waals surface area (Å²) < 4.78 is 14.4. The summed E-state index contributed by atoms with van der Waals surface area (Å²) in [5.74, 6) is 1.71. The summed E-state index contributed by atoms with van der Waals surface area (Å²) in [5, 5.41) is 22.7. The number of aromatic hydroxyl groups is 1. The number of hydrogen-bond acceptors (Lipinski definition) is 6. The van der Waals surface area contributed by atoms with E-state index in [1.807, 2.05) is 37.0 Å². The minimum Gasteiger partial charge on any atom is -0.504 e. The Morgan fingerprint density at radius 1 is 1.16 bits per heavy atom. The van der Waals surface area contributed by atoms with E-state index < -0.39 is 5.60 Å². The van der Waals surface area contributed by atoms with Crippen molar-refractivity contribution in [3.63, 3.8) is 0 Å². The molecule has 4 aromatic rings. The summed E-state index contributed by atoms with van der Waals surface area (Å²) in [6, 6.07) is 8.06. The van der Waals surface area contributed by atoms with E-state index in [9.17, 15) is 10.2 Å². The van der Waals surface area contributed by atoms with Crippen molar-refractivity contribution >= 4 is 34.4 Å². The van der Waals surface area contributed by atoms with E-state index >= 15 is 0 Å². The molecule has 2 aliphatic rings. The Bertz CT molecular complexity index is 1550. The van der Waals surface area contributed by atoms with E-state index in [2.05, 4.69) is 48.7 Å². The summed E-state index contributed by atoms with van der Waals surface area (Å²) in [4.78, 5) is 5.35. The van der Waals surface area contributed by atoms with Gasteiger partial charge in [-0.1, -0.05) is 26.0 Å². The number of hydrogen-bond donors (Lipinski definition) is 2. The molecule has 0 saturated heterocycles. The van der Waals surface area contributed by atoms with Crippen LogP contribution in [-0.4, -0.2) is 38.6 Å². The molecule has 3 heterocycles. The lowest BCUT2D eigenvalue weighted by Crippen LogP contribution is -2.58. The molecule has 1 fully saturated rings. The van der Waals surface area contributed by atoms with E-state index in [0.717, 1.165) is 56.6 Å². The van der Waals surface area contributed by atoms with Gasteiger partial charge < -0.3 is 24.3 Å². The van der Waals surface area contributed by atoms with Crippen LogP contribution in [0.15, 0.2) is 42.2 Å². The van der Waals surface area contributed by atoms with Crippen LogP contribution in [0.1, 0.15) is 50.3 Å². The number of rotatable bonds is 4. The largest absolute Gasteiger partial charge is 0.504 e. The third-order valence-electron chi connectivity index (χ3n) is 8.80. The molecule has 0 bridgehead atoms. The van der Waals surface area contributed by atoms with Gasteiger partial charge in [0.25, 0.3) is 0 Å². The van der Waals surface area contributed by atoms with Gasteiger partial charge in [0.2, 0.25) is 0 Å². The number of benzene rings is 2. The zero-order valence-electron chi connectivity index (χ0n) is 22.5. The molecule has 2 aromatic carbocycles. The predicted molar refractivity (Wildman–Crippen MR) is 153 cm³/mol. The van der Waals surface area contributed by atoms with Crippen LogP contribution >= 0.6 is 11.3 Å². The van der Waals surface area contributed by atoms with Crippen LogP contribution in [0.25, 0.3) is 33.5 Å². The predicted octanol–water partition coefficient (Wildman–Crippen LogP) is 6.68. The van der Waals surface area contributed by atoms with Gasteiger partial charge in [-0.05, 0) is 72.6 Å². The number of ether oxygens (including phenoxy) is 2. The second-order valence-electron chi connectivity index (χ2n) is 11.5. The van der Waals surface area contributed by atoms with Gasteiger partial charge in [0.15, 0.2) is 11.5 Å². The van der Waals surface area contributed by atoms with E-state index in [0.29, 0.717) is 12.2 Å². The van der Waals surface area contributed by atoms with Crippen LogP contribution in [0.2, 0.25) is 0 Å². The molecule has 38 heavy (non-hydrogen) atoms. The average Bonchev–Trinajstić information content (AvgIpc) is 3.53. The summed E-state index contributed by atoms with van der Waals surface area (Å²) >= 11 is 1.61. The van der Waals surface area contributed by atoms with E-state index in [1.54, 1.807) is 24.5 Å². The minimum absolute atomic E-state index is 0.154. The highest BCUT2D eigenvalue weighted by Crippen LogP contribution is 2.54. The molecule has 6 nitrogen and oxygen atoms in total. The number of nitrogens with zero attached hydrogens (tertiary/aromatic N) is 2. The summed E-state index contributed by atoms with van der Waals surface area (Å²) in [5.41, 5.74) is 6.25. The topological polar surface area (TPSA) is 76.7 Å². The molecule has 198 valence electrons. The van der Waals surface area contributed by atoms with Gasteiger partial charge in [0.1, 0.15) is 11.4 Å². The number of phenols is 1. The molecular weight excluding hydrogens is 496 g/mol. The molecule has 0 unspecified atom stereocenters. The zero-order valence-corrected chi connectivity index (χ0v) is 23.3. The Morgan fingerprint density at radius 3 is 2.63 bits per heavy atom. The van der Waals surface area contributed by atoms with Gasteiger partial charge in [-0.25, -0.2) is 0 Å². The van der Waals surface area contributed by atoms with Crippen LogP contribution in [0, 0.1) is 11.3 Å². The van der Waals surface area contributed by atoms with Crippen molar-refractivity contribution < 1.29 is 19.7 Å². The Hall–Kier alpha value is -3.29. The van der Waals surface area contributed by atoms with Crippen LogP contribution < -0.4 is 9.47 Å². The number of aliphatic hydroxyl groups is 1. The van der Waals surface area contributed by atoms with Crippen LogP contribution in [-0.2, 0) is 13.5 Å². The van der Waals surface area contributed by atoms with Crippen molar-refractivity contribution in [1.82, 2.24) is 9.55 Å². The molecule has 1 aliphatic heterocycles. The molecule has 6 rings (SSSR count). The fourth-order valence-electron chi connectivity index (χ4n) is 6.59. The first-order chi connectivity index (χ1) is 18.1. The third kappa shape index (κ3) is 3.91. The van der Waals surface area contributed by atoms with Gasteiger partial charge in [0, 0.05) is 30.9 Å². The first-order valence-corrected chi connectivity index (χ1v) is 14.0. The van der Waals surface area contributed by atoms with Crippen molar-refractivity contribution in [2.45, 2.75) is 51.7 Å². The zero-order chi connectivity index (χ0) is 26.8. The quantitative estimate of drug-likeness (QED) is 0.288. The number of phenolic OH excluding ortho intramolecular Hbond substituents is 1. The highest BCUT2D eigenvalue weighted by atomic mass is 32.1. The van der Waals surface area contributed by atoms with Crippen LogP contribution in [0.3, 0.4) is 0 Å². The Balaban J connectivity index is 1.35. The molecule has 1 aliphatic carbocycles. The first kappa shape index (κ1) is 25.0. The van der Waals surface area contributed by atoms with Crippen LogP contribution in [0.5, 0.6) is 17.2 Å². The lowest BCUT2D eigenvalue weighted by molar-refractivity contribution is -0.138.